The minimum atomic E-state index is 0. The number of carbonyl (C=O) groups is 1. The molecule has 2 fully saturated rings. The molecule has 1 amide bonds. The fraction of sp³-hybridized carbons (Fsp3) is 0.917. The van der Waals surface area contributed by atoms with E-state index in [1.165, 1.54) is 0 Å². The zero-order valence-corrected chi connectivity index (χ0v) is 11.3. The molecule has 0 spiro atoms. The molecule has 2 atom stereocenters. The van der Waals surface area contributed by atoms with E-state index in [0.717, 1.165) is 45.7 Å². The van der Waals surface area contributed by atoms with Crippen molar-refractivity contribution in [2.45, 2.75) is 32.2 Å². The minimum absolute atomic E-state index is 0. The van der Waals surface area contributed by atoms with Crippen LogP contribution in [0.2, 0.25) is 0 Å². The van der Waals surface area contributed by atoms with Gasteiger partial charge in [-0.05, 0) is 25.7 Å². The monoisotopic (exact) mass is 262 g/mol. The molecule has 0 aromatic heterocycles. The van der Waals surface area contributed by atoms with E-state index in [2.05, 4.69) is 12.2 Å². The highest BCUT2D eigenvalue weighted by molar-refractivity contribution is 5.85. The number of ether oxygens (including phenoxy) is 1. The van der Waals surface area contributed by atoms with Gasteiger partial charge in [-0.2, -0.15) is 0 Å². The fourth-order valence-electron chi connectivity index (χ4n) is 2.49. The van der Waals surface area contributed by atoms with E-state index in [0.29, 0.717) is 24.3 Å². The molecule has 1 unspecified atom stereocenters. The van der Waals surface area contributed by atoms with E-state index in [1.54, 1.807) is 0 Å². The molecular weight excluding hydrogens is 240 g/mol. The van der Waals surface area contributed by atoms with Crippen LogP contribution in [-0.4, -0.2) is 49.7 Å². The molecule has 2 heterocycles. The van der Waals surface area contributed by atoms with E-state index in [4.69, 9.17) is 4.74 Å². The predicted molar refractivity (Wildman–Crippen MR) is 69.5 cm³/mol. The van der Waals surface area contributed by atoms with Gasteiger partial charge in [0.25, 0.3) is 0 Å². The molecule has 5 heteroatoms. The Morgan fingerprint density at radius 3 is 3.00 bits per heavy atom. The third-order valence-electron chi connectivity index (χ3n) is 3.61. The van der Waals surface area contributed by atoms with Crippen molar-refractivity contribution in [3.05, 3.63) is 0 Å². The normalized spacial score (nSPS) is 28.9. The number of hydrogen-bond donors (Lipinski definition) is 1. The summed E-state index contributed by atoms with van der Waals surface area (Å²) in [4.78, 5) is 14.0. The van der Waals surface area contributed by atoms with Crippen molar-refractivity contribution >= 4 is 18.3 Å². The summed E-state index contributed by atoms with van der Waals surface area (Å²) in [7, 11) is 0. The molecule has 2 aliphatic rings. The molecule has 0 aliphatic carbocycles. The van der Waals surface area contributed by atoms with Crippen LogP contribution in [0.1, 0.15) is 26.2 Å². The van der Waals surface area contributed by atoms with Gasteiger partial charge in [-0.15, -0.1) is 12.4 Å². The van der Waals surface area contributed by atoms with E-state index < -0.39 is 0 Å². The Balaban J connectivity index is 0.00000144. The third-order valence-corrected chi connectivity index (χ3v) is 3.61. The predicted octanol–water partition coefficient (Wildman–Crippen LogP) is 1.05. The van der Waals surface area contributed by atoms with Gasteiger partial charge < -0.3 is 15.0 Å². The first-order chi connectivity index (χ1) is 7.77. The number of carbonyl (C=O) groups excluding carboxylic acids is 1. The summed E-state index contributed by atoms with van der Waals surface area (Å²) in [5, 5.41) is 3.30. The Morgan fingerprint density at radius 1 is 1.53 bits per heavy atom. The van der Waals surface area contributed by atoms with Crippen molar-refractivity contribution in [1.29, 1.82) is 0 Å². The summed E-state index contributed by atoms with van der Waals surface area (Å²) in [6.45, 7) is 6.57. The van der Waals surface area contributed by atoms with Crippen LogP contribution in [0.3, 0.4) is 0 Å². The molecular formula is C12H23ClN2O2. The molecule has 17 heavy (non-hydrogen) atoms. The van der Waals surface area contributed by atoms with Crippen molar-refractivity contribution in [1.82, 2.24) is 10.2 Å². The van der Waals surface area contributed by atoms with Gasteiger partial charge in [0.2, 0.25) is 5.91 Å². The third kappa shape index (κ3) is 4.12. The Bertz CT molecular complexity index is 245. The maximum atomic E-state index is 12.0. The summed E-state index contributed by atoms with van der Waals surface area (Å²) >= 11 is 0. The number of nitrogens with zero attached hydrogens (tertiary/aromatic N) is 1. The number of amides is 1. The van der Waals surface area contributed by atoms with Crippen molar-refractivity contribution in [2.24, 2.45) is 5.92 Å². The number of piperazine rings is 1. The summed E-state index contributed by atoms with van der Waals surface area (Å²) in [5.41, 5.74) is 0. The average Bonchev–Trinajstić information content (AvgIpc) is 2.79. The van der Waals surface area contributed by atoms with E-state index in [1.807, 2.05) is 4.90 Å². The SMILES string of the molecule is C[C@H]1CNCCN1C(=O)CCC1CCOC1.Cl. The fourth-order valence-corrected chi connectivity index (χ4v) is 2.49. The number of nitrogens with one attached hydrogen (secondary N) is 1. The first-order valence-corrected chi connectivity index (χ1v) is 6.35. The number of rotatable bonds is 3. The van der Waals surface area contributed by atoms with Crippen LogP contribution in [0.25, 0.3) is 0 Å². The second kappa shape index (κ2) is 7.19. The van der Waals surface area contributed by atoms with Crippen LogP contribution >= 0.6 is 12.4 Å². The smallest absolute Gasteiger partial charge is 0.222 e. The second-order valence-electron chi connectivity index (χ2n) is 4.91. The molecule has 1 N–H and O–H groups in total. The number of halogens is 1. The molecule has 0 aromatic rings. The molecule has 0 saturated carbocycles. The second-order valence-corrected chi connectivity index (χ2v) is 4.91. The number of hydrogen-bond acceptors (Lipinski definition) is 3. The topological polar surface area (TPSA) is 41.6 Å². The summed E-state index contributed by atoms with van der Waals surface area (Å²) in [5.74, 6) is 0.933. The molecule has 4 nitrogen and oxygen atoms in total. The molecule has 100 valence electrons. The molecule has 0 aromatic carbocycles. The zero-order valence-electron chi connectivity index (χ0n) is 10.5. The van der Waals surface area contributed by atoms with Gasteiger partial charge in [0, 0.05) is 45.3 Å². The first-order valence-electron chi connectivity index (χ1n) is 6.35. The largest absolute Gasteiger partial charge is 0.381 e. The lowest BCUT2D eigenvalue weighted by molar-refractivity contribution is -0.134. The highest BCUT2D eigenvalue weighted by Gasteiger charge is 2.24. The highest BCUT2D eigenvalue weighted by atomic mass is 35.5. The molecule has 0 bridgehead atoms. The van der Waals surface area contributed by atoms with Gasteiger partial charge in [-0.1, -0.05) is 0 Å². The maximum Gasteiger partial charge on any atom is 0.222 e. The highest BCUT2D eigenvalue weighted by Crippen LogP contribution is 2.19. The quantitative estimate of drug-likeness (QED) is 0.827. The molecule has 2 saturated heterocycles. The Hall–Kier alpha value is -0.320. The van der Waals surface area contributed by atoms with E-state index in [-0.39, 0.29) is 12.4 Å². The lowest BCUT2D eigenvalue weighted by Gasteiger charge is -2.34. The summed E-state index contributed by atoms with van der Waals surface area (Å²) in [6.07, 6.45) is 2.82. The van der Waals surface area contributed by atoms with E-state index >= 15 is 0 Å². The zero-order chi connectivity index (χ0) is 11.4. The van der Waals surface area contributed by atoms with Gasteiger partial charge in [0.1, 0.15) is 0 Å². The lowest BCUT2D eigenvalue weighted by atomic mass is 10.0. The van der Waals surface area contributed by atoms with Gasteiger partial charge in [0.15, 0.2) is 0 Å². The van der Waals surface area contributed by atoms with Crippen LogP contribution in [-0.2, 0) is 9.53 Å². The van der Waals surface area contributed by atoms with Gasteiger partial charge in [-0.25, -0.2) is 0 Å². The molecule has 2 aliphatic heterocycles. The summed E-state index contributed by atoms with van der Waals surface area (Å²) < 4.78 is 5.32. The van der Waals surface area contributed by atoms with Crippen molar-refractivity contribution in [3.8, 4) is 0 Å². The van der Waals surface area contributed by atoms with Crippen LogP contribution < -0.4 is 5.32 Å². The van der Waals surface area contributed by atoms with Crippen molar-refractivity contribution in [2.75, 3.05) is 32.8 Å². The van der Waals surface area contributed by atoms with E-state index in [9.17, 15) is 4.79 Å². The molecule has 2 rings (SSSR count). The first kappa shape index (κ1) is 14.7. The summed E-state index contributed by atoms with van der Waals surface area (Å²) in [6, 6.07) is 0.348. The maximum absolute atomic E-state index is 12.0. The Kier molecular flexibility index (Phi) is 6.23. The standard InChI is InChI=1S/C12H22N2O2.ClH/c1-10-8-13-5-6-14(10)12(15)3-2-11-4-7-16-9-11;/h10-11,13H,2-9H2,1H3;1H/t10-,11?;/m0./s1. The average molecular weight is 263 g/mol. The minimum Gasteiger partial charge on any atom is -0.381 e. The van der Waals surface area contributed by atoms with Crippen LogP contribution in [0, 0.1) is 5.92 Å². The van der Waals surface area contributed by atoms with Crippen LogP contribution in [0.4, 0.5) is 0 Å². The van der Waals surface area contributed by atoms with Crippen molar-refractivity contribution < 1.29 is 9.53 Å². The molecule has 0 radical (unpaired) electrons. The van der Waals surface area contributed by atoms with Crippen molar-refractivity contribution in [3.63, 3.8) is 0 Å². The Labute approximate surface area is 109 Å². The lowest BCUT2D eigenvalue weighted by Crippen LogP contribution is -2.52. The van der Waals surface area contributed by atoms with Crippen LogP contribution in [0.15, 0.2) is 0 Å². The van der Waals surface area contributed by atoms with Gasteiger partial charge in [0.05, 0.1) is 0 Å². The Morgan fingerprint density at radius 2 is 2.35 bits per heavy atom. The van der Waals surface area contributed by atoms with Gasteiger partial charge in [-0.3, -0.25) is 4.79 Å². The van der Waals surface area contributed by atoms with Crippen LogP contribution in [0.5, 0.6) is 0 Å². The van der Waals surface area contributed by atoms with Gasteiger partial charge >= 0.3 is 0 Å².